The van der Waals surface area contributed by atoms with E-state index in [0.29, 0.717) is 24.2 Å². The second-order valence-corrected chi connectivity index (χ2v) is 8.65. The van der Waals surface area contributed by atoms with E-state index in [0.717, 1.165) is 49.7 Å². The van der Waals surface area contributed by atoms with Crippen molar-refractivity contribution in [1.29, 1.82) is 0 Å². The molecule has 2 fully saturated rings. The van der Waals surface area contributed by atoms with Gasteiger partial charge in [-0.3, -0.25) is 4.79 Å². The van der Waals surface area contributed by atoms with Gasteiger partial charge >= 0.3 is 0 Å². The number of carbonyl (C=O) groups is 1. The summed E-state index contributed by atoms with van der Waals surface area (Å²) in [6.07, 6.45) is 8.62. The summed E-state index contributed by atoms with van der Waals surface area (Å²) in [5, 5.41) is 9.65. The number of anilines is 4. The number of rotatable bonds is 5. The predicted octanol–water partition coefficient (Wildman–Crippen LogP) is 1.77. The number of pyridine rings is 1. The zero-order chi connectivity index (χ0) is 22.1. The van der Waals surface area contributed by atoms with Crippen LogP contribution in [-0.4, -0.2) is 65.7 Å². The number of hydrogen-bond donors (Lipinski definition) is 3. The van der Waals surface area contributed by atoms with E-state index in [4.69, 9.17) is 4.98 Å². The Morgan fingerprint density at radius 1 is 1.22 bits per heavy atom. The Balaban J connectivity index is 1.39. The largest absolute Gasteiger partial charge is 0.368 e. The van der Waals surface area contributed by atoms with Gasteiger partial charge in [0.25, 0.3) is 0 Å². The van der Waals surface area contributed by atoms with Crippen LogP contribution in [0.3, 0.4) is 0 Å². The maximum atomic E-state index is 12.6. The first kappa shape index (κ1) is 20.7. The summed E-state index contributed by atoms with van der Waals surface area (Å²) >= 11 is 0. The molecule has 0 saturated carbocycles. The average molecular weight is 435 g/mol. The van der Waals surface area contributed by atoms with Crippen LogP contribution in [0.25, 0.3) is 6.08 Å². The fourth-order valence-electron chi connectivity index (χ4n) is 4.60. The third-order valence-corrected chi connectivity index (χ3v) is 6.68. The lowest BCUT2D eigenvalue weighted by Gasteiger charge is -2.45. The minimum atomic E-state index is -0.338. The van der Waals surface area contributed by atoms with Crippen LogP contribution in [0.4, 0.5) is 23.3 Å². The van der Waals surface area contributed by atoms with Gasteiger partial charge in [-0.2, -0.15) is 4.98 Å². The lowest BCUT2D eigenvalue weighted by molar-refractivity contribution is -0.122. The molecule has 1 amide bonds. The van der Waals surface area contributed by atoms with Crippen LogP contribution in [0, 0.1) is 5.92 Å². The summed E-state index contributed by atoms with van der Waals surface area (Å²) in [5.41, 5.74) is 2.05. The first-order valence-corrected chi connectivity index (χ1v) is 11.4. The second kappa shape index (κ2) is 8.74. The van der Waals surface area contributed by atoms with Crippen molar-refractivity contribution in [2.45, 2.75) is 32.4 Å². The maximum Gasteiger partial charge on any atom is 0.246 e. The SMILES string of the molecule is CC[C@H](C)[C@@H]1CNC(=O)C2C=Cc3cnc(Nc4ccc(N5CCNCC5)cn4)nc3N21. The molecule has 3 atom stereocenters. The monoisotopic (exact) mass is 434 g/mol. The van der Waals surface area contributed by atoms with Crippen molar-refractivity contribution in [2.24, 2.45) is 5.92 Å². The number of nitrogens with zero attached hydrogens (tertiary/aromatic N) is 5. The molecular weight excluding hydrogens is 404 g/mol. The Hall–Kier alpha value is -3.20. The number of piperazine rings is 2. The lowest BCUT2D eigenvalue weighted by Crippen LogP contribution is -2.63. The lowest BCUT2D eigenvalue weighted by atomic mass is 9.91. The second-order valence-electron chi connectivity index (χ2n) is 8.65. The standard InChI is InChI=1S/C23H30N8O/c1-3-15(2)19-14-26-22(32)18-6-4-16-12-27-23(29-21(16)31(18)19)28-20-7-5-17(13-25-20)30-10-8-24-9-11-30/h4-7,12-13,15,18-19,24H,3,8-11,14H2,1-2H3,(H,26,32)(H,25,27,28,29)/t15-,18?,19-/m0/s1. The van der Waals surface area contributed by atoms with E-state index in [1.165, 1.54) is 0 Å². The van der Waals surface area contributed by atoms with Gasteiger partial charge in [-0.05, 0) is 18.1 Å². The van der Waals surface area contributed by atoms with Gasteiger partial charge in [-0.15, -0.1) is 0 Å². The highest BCUT2D eigenvalue weighted by molar-refractivity contribution is 5.92. The summed E-state index contributed by atoms with van der Waals surface area (Å²) < 4.78 is 0. The van der Waals surface area contributed by atoms with Gasteiger partial charge in [-0.1, -0.05) is 32.4 Å². The molecule has 2 aromatic rings. The molecule has 5 heterocycles. The highest BCUT2D eigenvalue weighted by atomic mass is 16.2. The highest BCUT2D eigenvalue weighted by Crippen LogP contribution is 2.34. The predicted molar refractivity (Wildman–Crippen MR) is 126 cm³/mol. The number of carbonyl (C=O) groups excluding carboxylic acids is 1. The Morgan fingerprint density at radius 3 is 2.81 bits per heavy atom. The van der Waals surface area contributed by atoms with Crippen molar-refractivity contribution in [3.63, 3.8) is 0 Å². The van der Waals surface area contributed by atoms with Crippen molar-refractivity contribution in [2.75, 3.05) is 47.8 Å². The molecule has 2 aromatic heterocycles. The van der Waals surface area contributed by atoms with E-state index in [1.54, 1.807) is 0 Å². The summed E-state index contributed by atoms with van der Waals surface area (Å²) in [5.74, 6) is 2.41. The quantitative estimate of drug-likeness (QED) is 0.655. The molecule has 0 aliphatic carbocycles. The zero-order valence-electron chi connectivity index (χ0n) is 18.6. The smallest absolute Gasteiger partial charge is 0.246 e. The Morgan fingerprint density at radius 2 is 2.06 bits per heavy atom. The molecule has 0 aromatic carbocycles. The molecule has 2 saturated heterocycles. The van der Waals surface area contributed by atoms with E-state index in [9.17, 15) is 4.79 Å². The Kier molecular flexibility index (Phi) is 5.65. The average Bonchev–Trinajstić information content (AvgIpc) is 2.84. The summed E-state index contributed by atoms with van der Waals surface area (Å²) in [4.78, 5) is 30.9. The van der Waals surface area contributed by atoms with Gasteiger partial charge in [0.15, 0.2) is 0 Å². The number of fused-ring (bicyclic) bond motifs is 3. The molecular formula is C23H30N8O. The van der Waals surface area contributed by atoms with Crippen molar-refractivity contribution in [3.05, 3.63) is 36.2 Å². The fraction of sp³-hybridized carbons (Fsp3) is 0.478. The summed E-state index contributed by atoms with van der Waals surface area (Å²) in [6, 6.07) is 3.88. The number of amides is 1. The van der Waals surface area contributed by atoms with Crippen molar-refractivity contribution < 1.29 is 4.79 Å². The van der Waals surface area contributed by atoms with E-state index < -0.39 is 0 Å². The van der Waals surface area contributed by atoms with E-state index in [2.05, 4.69) is 55.6 Å². The molecule has 168 valence electrons. The van der Waals surface area contributed by atoms with Crippen LogP contribution >= 0.6 is 0 Å². The van der Waals surface area contributed by atoms with Gasteiger partial charge in [0.1, 0.15) is 17.7 Å². The zero-order valence-corrected chi connectivity index (χ0v) is 18.6. The van der Waals surface area contributed by atoms with Crippen molar-refractivity contribution in [3.8, 4) is 0 Å². The van der Waals surface area contributed by atoms with Crippen LogP contribution in [0.5, 0.6) is 0 Å². The van der Waals surface area contributed by atoms with Gasteiger partial charge < -0.3 is 25.8 Å². The highest BCUT2D eigenvalue weighted by Gasteiger charge is 2.40. The fourth-order valence-corrected chi connectivity index (χ4v) is 4.60. The molecule has 0 bridgehead atoms. The van der Waals surface area contributed by atoms with E-state index in [1.807, 2.05) is 30.6 Å². The molecule has 1 unspecified atom stereocenters. The molecule has 3 aliphatic heterocycles. The van der Waals surface area contributed by atoms with Gasteiger partial charge in [0.05, 0.1) is 17.9 Å². The van der Waals surface area contributed by atoms with E-state index in [-0.39, 0.29) is 18.0 Å². The van der Waals surface area contributed by atoms with Crippen LogP contribution in [0.2, 0.25) is 0 Å². The topological polar surface area (TPSA) is 98.3 Å². The van der Waals surface area contributed by atoms with Crippen LogP contribution in [0.1, 0.15) is 25.8 Å². The van der Waals surface area contributed by atoms with Crippen LogP contribution in [0.15, 0.2) is 30.6 Å². The molecule has 0 spiro atoms. The van der Waals surface area contributed by atoms with E-state index >= 15 is 0 Å². The Bertz CT molecular complexity index is 1000. The van der Waals surface area contributed by atoms with Gasteiger partial charge in [0, 0.05) is 44.5 Å². The summed E-state index contributed by atoms with van der Waals surface area (Å²) in [7, 11) is 0. The molecule has 9 nitrogen and oxygen atoms in total. The Labute approximate surface area is 188 Å². The molecule has 9 heteroatoms. The maximum absolute atomic E-state index is 12.6. The van der Waals surface area contributed by atoms with Gasteiger partial charge in [0.2, 0.25) is 11.9 Å². The number of aromatic nitrogens is 3. The molecule has 0 radical (unpaired) electrons. The third-order valence-electron chi connectivity index (χ3n) is 6.68. The molecule has 3 N–H and O–H groups in total. The van der Waals surface area contributed by atoms with Gasteiger partial charge in [-0.25, -0.2) is 9.97 Å². The number of nitrogens with one attached hydrogen (secondary N) is 3. The third kappa shape index (κ3) is 3.88. The first-order chi connectivity index (χ1) is 15.6. The summed E-state index contributed by atoms with van der Waals surface area (Å²) in [6.45, 7) is 8.98. The number of hydrogen-bond acceptors (Lipinski definition) is 8. The minimum absolute atomic E-state index is 0.0183. The van der Waals surface area contributed by atoms with Crippen molar-refractivity contribution in [1.82, 2.24) is 25.6 Å². The van der Waals surface area contributed by atoms with Crippen molar-refractivity contribution >= 4 is 35.3 Å². The molecule has 3 aliphatic rings. The first-order valence-electron chi connectivity index (χ1n) is 11.4. The van der Waals surface area contributed by atoms with Crippen LogP contribution < -0.4 is 25.8 Å². The molecule has 32 heavy (non-hydrogen) atoms. The molecule has 5 rings (SSSR count). The van der Waals surface area contributed by atoms with Crippen LogP contribution in [-0.2, 0) is 4.79 Å². The normalized spacial score (nSPS) is 23.2. The minimum Gasteiger partial charge on any atom is -0.368 e.